The number of hydrogen-bond acceptors (Lipinski definition) is 5. The predicted octanol–water partition coefficient (Wildman–Crippen LogP) is 3.52. The molecule has 6 heteroatoms. The lowest BCUT2D eigenvalue weighted by Crippen LogP contribution is -2.49. The summed E-state index contributed by atoms with van der Waals surface area (Å²) < 4.78 is 0. The quantitative estimate of drug-likeness (QED) is 0.686. The molecule has 0 unspecified atom stereocenters. The Hall–Kier alpha value is -3.41. The van der Waals surface area contributed by atoms with Gasteiger partial charge in [-0.3, -0.25) is 4.79 Å². The number of benzene rings is 2. The van der Waals surface area contributed by atoms with Crippen molar-refractivity contribution in [3.8, 4) is 0 Å². The number of aryl methyl sites for hydroxylation is 1. The number of carbonyl (C=O) groups is 1. The summed E-state index contributed by atoms with van der Waals surface area (Å²) in [5.74, 6) is 1.28. The molecule has 29 heavy (non-hydrogen) atoms. The van der Waals surface area contributed by atoms with Gasteiger partial charge in [-0.25, -0.2) is 9.97 Å². The van der Waals surface area contributed by atoms with Crippen molar-refractivity contribution >= 4 is 23.1 Å². The van der Waals surface area contributed by atoms with E-state index in [0.717, 1.165) is 24.6 Å². The lowest BCUT2D eigenvalue weighted by molar-refractivity contribution is 0.0740. The molecular formula is C23H25N5O. The monoisotopic (exact) mass is 387 g/mol. The maximum atomic E-state index is 13.1. The van der Waals surface area contributed by atoms with Crippen LogP contribution in [0.15, 0.2) is 66.7 Å². The van der Waals surface area contributed by atoms with Crippen molar-refractivity contribution in [2.45, 2.75) is 6.92 Å². The van der Waals surface area contributed by atoms with Crippen LogP contribution in [0.3, 0.4) is 0 Å². The average Bonchev–Trinajstić information content (AvgIpc) is 2.79. The lowest BCUT2D eigenvalue weighted by Gasteiger charge is -2.36. The minimum absolute atomic E-state index is 0.0362. The summed E-state index contributed by atoms with van der Waals surface area (Å²) in [6.45, 7) is 4.82. The minimum atomic E-state index is -0.0362. The Morgan fingerprint density at radius 3 is 2.17 bits per heavy atom. The molecule has 3 aromatic rings. The van der Waals surface area contributed by atoms with Crippen LogP contribution in [-0.2, 0) is 0 Å². The van der Waals surface area contributed by atoms with Gasteiger partial charge in [-0.1, -0.05) is 36.4 Å². The Bertz CT molecular complexity index is 969. The molecule has 0 radical (unpaired) electrons. The Kier molecular flexibility index (Phi) is 5.42. The van der Waals surface area contributed by atoms with E-state index in [-0.39, 0.29) is 5.91 Å². The molecule has 2 heterocycles. The van der Waals surface area contributed by atoms with Gasteiger partial charge < -0.3 is 14.7 Å². The van der Waals surface area contributed by atoms with Gasteiger partial charge in [-0.2, -0.15) is 0 Å². The predicted molar refractivity (Wildman–Crippen MR) is 116 cm³/mol. The first-order chi connectivity index (χ1) is 14.1. The van der Waals surface area contributed by atoms with Crippen LogP contribution < -0.4 is 9.80 Å². The summed E-state index contributed by atoms with van der Waals surface area (Å²) in [6, 6.07) is 22.1. The van der Waals surface area contributed by atoms with Gasteiger partial charge in [0.2, 0.25) is 0 Å². The molecule has 0 bridgehead atoms. The number of para-hydroxylation sites is 2. The van der Waals surface area contributed by atoms with E-state index in [0.29, 0.717) is 24.6 Å². The topological polar surface area (TPSA) is 52.6 Å². The van der Waals surface area contributed by atoms with E-state index in [2.05, 4.69) is 27.0 Å². The number of amides is 1. The molecule has 6 nitrogen and oxygen atoms in total. The second-order valence-corrected chi connectivity index (χ2v) is 7.17. The molecule has 1 aliphatic rings. The van der Waals surface area contributed by atoms with Gasteiger partial charge in [0.05, 0.1) is 0 Å². The average molecular weight is 387 g/mol. The van der Waals surface area contributed by atoms with Gasteiger partial charge in [-0.05, 0) is 31.2 Å². The minimum Gasteiger partial charge on any atom is -0.368 e. The first-order valence-electron chi connectivity index (χ1n) is 9.85. The largest absolute Gasteiger partial charge is 0.368 e. The Morgan fingerprint density at radius 1 is 0.897 bits per heavy atom. The van der Waals surface area contributed by atoms with Crippen LogP contribution in [0.25, 0.3) is 0 Å². The molecule has 1 amide bonds. The van der Waals surface area contributed by atoms with Gasteiger partial charge >= 0.3 is 0 Å². The number of piperazine rings is 1. The van der Waals surface area contributed by atoms with Gasteiger partial charge in [0.1, 0.15) is 17.3 Å². The Morgan fingerprint density at radius 2 is 1.52 bits per heavy atom. The van der Waals surface area contributed by atoms with E-state index in [1.807, 2.05) is 72.3 Å². The van der Waals surface area contributed by atoms with Crippen molar-refractivity contribution in [3.63, 3.8) is 0 Å². The Balaban J connectivity index is 1.49. The van der Waals surface area contributed by atoms with Crippen molar-refractivity contribution in [1.29, 1.82) is 0 Å². The Labute approximate surface area is 171 Å². The smallest absolute Gasteiger partial charge is 0.272 e. The summed E-state index contributed by atoms with van der Waals surface area (Å²) in [6.07, 6.45) is 0. The standard InChI is InChI=1S/C23H25N5O/c1-18-24-21(17-22(25-18)26(2)19-9-5-3-6-10-19)23(29)28-15-13-27(14-16-28)20-11-7-4-8-12-20/h3-12,17H,13-16H2,1-2H3. The van der Waals surface area contributed by atoms with Crippen molar-refractivity contribution in [3.05, 3.63) is 78.2 Å². The molecule has 1 saturated heterocycles. The molecule has 148 valence electrons. The molecule has 1 fully saturated rings. The van der Waals surface area contributed by atoms with Crippen LogP contribution >= 0.6 is 0 Å². The molecule has 0 atom stereocenters. The second-order valence-electron chi connectivity index (χ2n) is 7.17. The van der Waals surface area contributed by atoms with Crippen molar-refractivity contribution in [2.75, 3.05) is 43.0 Å². The van der Waals surface area contributed by atoms with Crippen LogP contribution in [0.1, 0.15) is 16.3 Å². The highest BCUT2D eigenvalue weighted by atomic mass is 16.2. The summed E-state index contributed by atoms with van der Waals surface area (Å²) in [4.78, 5) is 28.2. The zero-order valence-corrected chi connectivity index (χ0v) is 16.8. The zero-order chi connectivity index (χ0) is 20.2. The SMILES string of the molecule is Cc1nc(C(=O)N2CCN(c3ccccc3)CC2)cc(N(C)c2ccccc2)n1. The lowest BCUT2D eigenvalue weighted by atomic mass is 10.2. The number of hydrogen-bond donors (Lipinski definition) is 0. The normalized spacial score (nSPS) is 14.0. The highest BCUT2D eigenvalue weighted by molar-refractivity contribution is 5.93. The molecule has 4 rings (SSSR count). The van der Waals surface area contributed by atoms with Gasteiger partial charge in [0.25, 0.3) is 5.91 Å². The molecule has 0 N–H and O–H groups in total. The number of carbonyl (C=O) groups excluding carboxylic acids is 1. The molecule has 1 aliphatic heterocycles. The van der Waals surface area contributed by atoms with E-state index in [1.54, 1.807) is 6.07 Å². The van der Waals surface area contributed by atoms with Gasteiger partial charge in [0, 0.05) is 50.7 Å². The third-order valence-corrected chi connectivity index (χ3v) is 5.22. The molecule has 1 aromatic heterocycles. The van der Waals surface area contributed by atoms with Crippen LogP contribution in [0.5, 0.6) is 0 Å². The molecule has 0 aliphatic carbocycles. The van der Waals surface area contributed by atoms with Gasteiger partial charge in [0.15, 0.2) is 0 Å². The molecular weight excluding hydrogens is 362 g/mol. The first kappa shape index (κ1) is 18.9. The van der Waals surface area contributed by atoms with E-state index >= 15 is 0 Å². The van der Waals surface area contributed by atoms with E-state index in [9.17, 15) is 4.79 Å². The number of rotatable bonds is 4. The molecule has 0 spiro atoms. The van der Waals surface area contributed by atoms with Crippen molar-refractivity contribution in [1.82, 2.24) is 14.9 Å². The molecule has 2 aromatic carbocycles. The fourth-order valence-electron chi connectivity index (χ4n) is 3.59. The second kappa shape index (κ2) is 8.31. The number of aromatic nitrogens is 2. The zero-order valence-electron chi connectivity index (χ0n) is 16.8. The number of anilines is 3. The van der Waals surface area contributed by atoms with Gasteiger partial charge in [-0.15, -0.1) is 0 Å². The van der Waals surface area contributed by atoms with Crippen LogP contribution in [0.4, 0.5) is 17.2 Å². The summed E-state index contributed by atoms with van der Waals surface area (Å²) >= 11 is 0. The maximum Gasteiger partial charge on any atom is 0.272 e. The third-order valence-electron chi connectivity index (χ3n) is 5.22. The van der Waals surface area contributed by atoms with E-state index < -0.39 is 0 Å². The maximum absolute atomic E-state index is 13.1. The third kappa shape index (κ3) is 4.21. The first-order valence-corrected chi connectivity index (χ1v) is 9.85. The van der Waals surface area contributed by atoms with Crippen molar-refractivity contribution < 1.29 is 4.79 Å². The van der Waals surface area contributed by atoms with Crippen molar-refractivity contribution in [2.24, 2.45) is 0 Å². The summed E-state index contributed by atoms with van der Waals surface area (Å²) in [7, 11) is 1.95. The van der Waals surface area contributed by atoms with Crippen LogP contribution in [0.2, 0.25) is 0 Å². The number of nitrogens with zero attached hydrogens (tertiary/aromatic N) is 5. The molecule has 0 saturated carbocycles. The van der Waals surface area contributed by atoms with Crippen LogP contribution in [-0.4, -0.2) is 54.0 Å². The highest BCUT2D eigenvalue weighted by Gasteiger charge is 2.24. The fourth-order valence-corrected chi connectivity index (χ4v) is 3.59. The summed E-state index contributed by atoms with van der Waals surface area (Å²) in [5, 5.41) is 0. The van der Waals surface area contributed by atoms with E-state index in [4.69, 9.17) is 0 Å². The van der Waals surface area contributed by atoms with Crippen LogP contribution in [0, 0.1) is 6.92 Å². The fraction of sp³-hybridized carbons (Fsp3) is 0.261. The summed E-state index contributed by atoms with van der Waals surface area (Å²) in [5.41, 5.74) is 2.66. The highest BCUT2D eigenvalue weighted by Crippen LogP contribution is 2.23. The van der Waals surface area contributed by atoms with E-state index in [1.165, 1.54) is 5.69 Å².